The van der Waals surface area contributed by atoms with E-state index in [-0.39, 0.29) is 6.04 Å². The Bertz CT molecular complexity index is 119. The molecule has 1 fully saturated rings. The maximum Gasteiger partial charge on any atom is 0.216 e. The first-order valence-electron chi connectivity index (χ1n) is 4.46. The Balaban J connectivity index is 2.18. The van der Waals surface area contributed by atoms with Gasteiger partial charge in [-0.15, -0.1) is 0 Å². The zero-order chi connectivity index (χ0) is 8.10. The summed E-state index contributed by atoms with van der Waals surface area (Å²) in [5.41, 5.74) is 0. The van der Waals surface area contributed by atoms with E-state index in [4.69, 9.17) is 0 Å². The Morgan fingerprint density at radius 2 is 2.00 bits per heavy atom. The van der Waals surface area contributed by atoms with Gasteiger partial charge in [-0.05, 0) is 19.8 Å². The molecule has 1 rings (SSSR count). The lowest BCUT2D eigenvalue weighted by atomic mass is 9.95. The second-order valence-electron chi connectivity index (χ2n) is 3.34. The molecule has 1 N–H and O–H groups in total. The van der Waals surface area contributed by atoms with Gasteiger partial charge in [0.15, 0.2) is 0 Å². The SMILES string of the molecule is CC([C]=O)NC1CCCCC1. The van der Waals surface area contributed by atoms with Crippen molar-refractivity contribution < 1.29 is 4.79 Å². The number of hydrogen-bond donors (Lipinski definition) is 1. The molecule has 0 aromatic carbocycles. The summed E-state index contributed by atoms with van der Waals surface area (Å²) in [4.78, 5) is 10.2. The zero-order valence-electron chi connectivity index (χ0n) is 7.10. The second-order valence-corrected chi connectivity index (χ2v) is 3.34. The molecule has 0 aromatic rings. The Labute approximate surface area is 68.4 Å². The van der Waals surface area contributed by atoms with Crippen LogP contribution in [0.2, 0.25) is 0 Å². The summed E-state index contributed by atoms with van der Waals surface area (Å²) in [7, 11) is 0. The molecule has 0 aliphatic heterocycles. The van der Waals surface area contributed by atoms with Crippen LogP contribution in [-0.4, -0.2) is 18.4 Å². The third-order valence-electron chi connectivity index (χ3n) is 2.27. The summed E-state index contributed by atoms with van der Waals surface area (Å²) >= 11 is 0. The van der Waals surface area contributed by atoms with Crippen LogP contribution in [0.5, 0.6) is 0 Å². The summed E-state index contributed by atoms with van der Waals surface area (Å²) in [5.74, 6) is 0. The van der Waals surface area contributed by atoms with Gasteiger partial charge in [-0.2, -0.15) is 0 Å². The van der Waals surface area contributed by atoms with E-state index in [2.05, 4.69) is 5.32 Å². The maximum atomic E-state index is 10.2. The van der Waals surface area contributed by atoms with Gasteiger partial charge in [0, 0.05) is 6.04 Å². The van der Waals surface area contributed by atoms with Crippen LogP contribution in [-0.2, 0) is 4.79 Å². The first-order valence-corrected chi connectivity index (χ1v) is 4.46. The highest BCUT2D eigenvalue weighted by Crippen LogP contribution is 2.17. The van der Waals surface area contributed by atoms with E-state index >= 15 is 0 Å². The Morgan fingerprint density at radius 3 is 2.55 bits per heavy atom. The molecule has 63 valence electrons. The molecule has 0 heterocycles. The topological polar surface area (TPSA) is 29.1 Å². The summed E-state index contributed by atoms with van der Waals surface area (Å²) in [6.45, 7) is 1.86. The average Bonchev–Trinajstić information content (AvgIpc) is 2.06. The fraction of sp³-hybridized carbons (Fsp3) is 0.889. The van der Waals surface area contributed by atoms with Gasteiger partial charge in [0.25, 0.3) is 0 Å². The van der Waals surface area contributed by atoms with Crippen molar-refractivity contribution >= 4 is 6.29 Å². The molecular weight excluding hydrogens is 138 g/mol. The lowest BCUT2D eigenvalue weighted by molar-refractivity contribution is 0.362. The molecule has 1 aliphatic rings. The van der Waals surface area contributed by atoms with Crippen molar-refractivity contribution in [2.75, 3.05) is 0 Å². The number of hydrogen-bond acceptors (Lipinski definition) is 2. The lowest BCUT2D eigenvalue weighted by Crippen LogP contribution is -2.38. The van der Waals surface area contributed by atoms with E-state index < -0.39 is 0 Å². The number of rotatable bonds is 3. The second kappa shape index (κ2) is 4.50. The molecule has 1 saturated carbocycles. The summed E-state index contributed by atoms with van der Waals surface area (Å²) in [6, 6.07) is 0.485. The van der Waals surface area contributed by atoms with Crippen LogP contribution in [0.3, 0.4) is 0 Å². The first kappa shape index (κ1) is 8.72. The Morgan fingerprint density at radius 1 is 1.36 bits per heavy atom. The van der Waals surface area contributed by atoms with E-state index in [1.165, 1.54) is 32.1 Å². The monoisotopic (exact) mass is 154 g/mol. The van der Waals surface area contributed by atoms with Crippen molar-refractivity contribution in [3.8, 4) is 0 Å². The highest BCUT2D eigenvalue weighted by molar-refractivity contribution is 5.57. The van der Waals surface area contributed by atoms with Crippen molar-refractivity contribution in [2.24, 2.45) is 0 Å². The molecular formula is C9H16NO. The zero-order valence-corrected chi connectivity index (χ0v) is 7.10. The van der Waals surface area contributed by atoms with E-state index in [1.54, 1.807) is 0 Å². The minimum absolute atomic E-state index is 0.0851. The van der Waals surface area contributed by atoms with Gasteiger partial charge in [0.1, 0.15) is 0 Å². The van der Waals surface area contributed by atoms with Gasteiger partial charge in [0.2, 0.25) is 6.29 Å². The third kappa shape index (κ3) is 3.02. The highest BCUT2D eigenvalue weighted by Gasteiger charge is 2.14. The molecule has 0 saturated heterocycles. The number of carbonyl (C=O) groups excluding carboxylic acids is 1. The molecule has 0 amide bonds. The van der Waals surface area contributed by atoms with Crippen LogP contribution >= 0.6 is 0 Å². The fourth-order valence-electron chi connectivity index (χ4n) is 1.66. The van der Waals surface area contributed by atoms with Crippen LogP contribution in [0, 0.1) is 0 Å². The summed E-state index contributed by atoms with van der Waals surface area (Å²) in [6.07, 6.45) is 8.38. The standard InChI is InChI=1S/C9H16NO/c1-8(7-11)10-9-5-3-2-4-6-9/h8-10H,2-6H2,1H3. The normalized spacial score (nSPS) is 23.0. The highest BCUT2D eigenvalue weighted by atomic mass is 16.1. The molecule has 0 bridgehead atoms. The molecule has 11 heavy (non-hydrogen) atoms. The Kier molecular flexibility index (Phi) is 3.57. The molecule has 1 unspecified atom stereocenters. The van der Waals surface area contributed by atoms with E-state index in [1.807, 2.05) is 13.2 Å². The van der Waals surface area contributed by atoms with Gasteiger partial charge in [-0.25, -0.2) is 0 Å². The molecule has 0 spiro atoms. The van der Waals surface area contributed by atoms with Gasteiger partial charge in [0.05, 0.1) is 6.04 Å². The predicted molar refractivity (Wildman–Crippen MR) is 45.2 cm³/mol. The van der Waals surface area contributed by atoms with E-state index in [0.717, 1.165) is 0 Å². The maximum absolute atomic E-state index is 10.2. The van der Waals surface area contributed by atoms with Crippen LogP contribution in [0.1, 0.15) is 39.0 Å². The first-order chi connectivity index (χ1) is 5.33. The van der Waals surface area contributed by atoms with Gasteiger partial charge < -0.3 is 5.32 Å². The predicted octanol–water partition coefficient (Wildman–Crippen LogP) is 1.41. The van der Waals surface area contributed by atoms with Gasteiger partial charge >= 0.3 is 0 Å². The molecule has 1 aliphatic carbocycles. The Hall–Kier alpha value is -0.370. The van der Waals surface area contributed by atoms with Crippen LogP contribution in [0.4, 0.5) is 0 Å². The molecule has 2 heteroatoms. The van der Waals surface area contributed by atoms with Crippen molar-refractivity contribution in [1.29, 1.82) is 0 Å². The summed E-state index contributed by atoms with van der Waals surface area (Å²) < 4.78 is 0. The van der Waals surface area contributed by atoms with Gasteiger partial charge in [-0.1, -0.05) is 19.3 Å². The van der Waals surface area contributed by atoms with Crippen molar-refractivity contribution in [3.05, 3.63) is 0 Å². The molecule has 1 atom stereocenters. The van der Waals surface area contributed by atoms with Crippen LogP contribution in [0.25, 0.3) is 0 Å². The largest absolute Gasteiger partial charge is 0.305 e. The number of nitrogens with one attached hydrogen (secondary N) is 1. The smallest absolute Gasteiger partial charge is 0.216 e. The van der Waals surface area contributed by atoms with E-state index in [9.17, 15) is 4.79 Å². The van der Waals surface area contributed by atoms with Crippen molar-refractivity contribution in [2.45, 2.75) is 51.1 Å². The van der Waals surface area contributed by atoms with Crippen molar-refractivity contribution in [3.63, 3.8) is 0 Å². The molecule has 0 aromatic heterocycles. The van der Waals surface area contributed by atoms with Crippen LogP contribution in [0.15, 0.2) is 0 Å². The van der Waals surface area contributed by atoms with Crippen molar-refractivity contribution in [1.82, 2.24) is 5.32 Å². The quantitative estimate of drug-likeness (QED) is 0.666. The fourth-order valence-corrected chi connectivity index (χ4v) is 1.66. The minimum Gasteiger partial charge on any atom is -0.305 e. The van der Waals surface area contributed by atoms with Crippen LogP contribution < -0.4 is 5.32 Å². The summed E-state index contributed by atoms with van der Waals surface area (Å²) in [5, 5.41) is 3.24. The minimum atomic E-state index is -0.0851. The third-order valence-corrected chi connectivity index (χ3v) is 2.27. The molecule has 1 radical (unpaired) electrons. The van der Waals surface area contributed by atoms with E-state index in [0.29, 0.717) is 6.04 Å². The lowest BCUT2D eigenvalue weighted by Gasteiger charge is -2.23. The average molecular weight is 154 g/mol. The molecule has 2 nitrogen and oxygen atoms in total. The van der Waals surface area contributed by atoms with Gasteiger partial charge in [-0.3, -0.25) is 4.79 Å².